The van der Waals surface area contributed by atoms with E-state index in [9.17, 15) is 9.90 Å². The van der Waals surface area contributed by atoms with Crippen molar-refractivity contribution >= 4 is 5.91 Å². The summed E-state index contributed by atoms with van der Waals surface area (Å²) < 4.78 is 5.85. The van der Waals surface area contributed by atoms with E-state index in [4.69, 9.17) is 4.74 Å². The highest BCUT2D eigenvalue weighted by Gasteiger charge is 2.26. The first-order chi connectivity index (χ1) is 11.7. The molecule has 3 rings (SSSR count). The number of carbonyl (C=O) groups excluding carboxylic acids is 1. The van der Waals surface area contributed by atoms with Gasteiger partial charge in [0, 0.05) is 19.1 Å². The number of aliphatic hydroxyl groups excluding tert-OH is 1. The summed E-state index contributed by atoms with van der Waals surface area (Å²) >= 11 is 0. The molecule has 0 saturated heterocycles. The fourth-order valence-electron chi connectivity index (χ4n) is 3.78. The van der Waals surface area contributed by atoms with Crippen LogP contribution in [0, 0.1) is 5.92 Å². The predicted molar refractivity (Wildman–Crippen MR) is 93.0 cm³/mol. The van der Waals surface area contributed by atoms with Crippen molar-refractivity contribution in [3.63, 3.8) is 0 Å². The van der Waals surface area contributed by atoms with Gasteiger partial charge in [-0.1, -0.05) is 18.2 Å². The fourth-order valence-corrected chi connectivity index (χ4v) is 3.78. The first kappa shape index (κ1) is 17.2. The molecule has 1 aromatic carbocycles. The lowest BCUT2D eigenvalue weighted by Crippen LogP contribution is -2.44. The summed E-state index contributed by atoms with van der Waals surface area (Å²) in [6.07, 6.45) is 5.14. The number of nitrogens with zero attached hydrogens (tertiary/aromatic N) is 1. The molecule has 1 heterocycles. The van der Waals surface area contributed by atoms with E-state index in [1.54, 1.807) is 0 Å². The van der Waals surface area contributed by atoms with E-state index >= 15 is 0 Å². The van der Waals surface area contributed by atoms with E-state index in [0.717, 1.165) is 37.9 Å². The summed E-state index contributed by atoms with van der Waals surface area (Å²) in [5.74, 6) is 1.44. The Hall–Kier alpha value is -1.59. The smallest absolute Gasteiger partial charge is 0.234 e. The van der Waals surface area contributed by atoms with Crippen LogP contribution in [0.15, 0.2) is 24.3 Å². The van der Waals surface area contributed by atoms with Gasteiger partial charge in [-0.3, -0.25) is 9.69 Å². The van der Waals surface area contributed by atoms with Gasteiger partial charge in [0.1, 0.15) is 11.9 Å². The molecule has 0 aromatic heterocycles. The third-order valence-corrected chi connectivity index (χ3v) is 5.33. The lowest BCUT2D eigenvalue weighted by molar-refractivity contribution is -0.123. The second-order valence-corrected chi connectivity index (χ2v) is 7.13. The number of ether oxygens (including phenoxy) is 1. The molecular weight excluding hydrogens is 304 g/mol. The quantitative estimate of drug-likeness (QED) is 0.830. The zero-order valence-electron chi connectivity index (χ0n) is 14.4. The Labute approximate surface area is 144 Å². The number of amides is 1. The SMILES string of the molecule is CN(CC(=O)NCC1Cc2ccccc2O1)C1CCC(CO)CC1. The van der Waals surface area contributed by atoms with Crippen LogP contribution in [0.25, 0.3) is 0 Å². The molecule has 1 aliphatic carbocycles. The average molecular weight is 332 g/mol. The molecular formula is C19H28N2O3. The Kier molecular flexibility index (Phi) is 5.74. The molecule has 2 aliphatic rings. The molecule has 0 bridgehead atoms. The number of aliphatic hydroxyl groups is 1. The molecule has 132 valence electrons. The van der Waals surface area contributed by atoms with Gasteiger partial charge in [-0.15, -0.1) is 0 Å². The molecule has 0 radical (unpaired) electrons. The van der Waals surface area contributed by atoms with Gasteiger partial charge in [-0.25, -0.2) is 0 Å². The van der Waals surface area contributed by atoms with Gasteiger partial charge in [0.25, 0.3) is 0 Å². The fraction of sp³-hybridized carbons (Fsp3) is 0.632. The molecule has 5 nitrogen and oxygen atoms in total. The van der Waals surface area contributed by atoms with E-state index in [1.807, 2.05) is 25.2 Å². The standard InChI is InChI=1S/C19H28N2O3/c1-21(16-8-6-14(13-22)7-9-16)12-19(23)20-11-17-10-15-4-2-3-5-18(15)24-17/h2-5,14,16-17,22H,6-13H2,1H3,(H,20,23). The highest BCUT2D eigenvalue weighted by atomic mass is 16.5. The number of para-hydroxylation sites is 1. The van der Waals surface area contributed by atoms with E-state index in [0.29, 0.717) is 31.7 Å². The lowest BCUT2D eigenvalue weighted by atomic mass is 9.86. The van der Waals surface area contributed by atoms with Crippen LogP contribution in [-0.2, 0) is 11.2 Å². The number of carbonyl (C=O) groups is 1. The van der Waals surface area contributed by atoms with E-state index in [1.165, 1.54) is 5.56 Å². The van der Waals surface area contributed by atoms with Gasteiger partial charge < -0.3 is 15.2 Å². The Morgan fingerprint density at radius 1 is 1.29 bits per heavy atom. The summed E-state index contributed by atoms with van der Waals surface area (Å²) in [6, 6.07) is 8.50. The third kappa shape index (κ3) is 4.28. The molecule has 24 heavy (non-hydrogen) atoms. The van der Waals surface area contributed by atoms with Gasteiger partial charge in [0.05, 0.1) is 13.1 Å². The van der Waals surface area contributed by atoms with Gasteiger partial charge in [-0.05, 0) is 50.3 Å². The minimum Gasteiger partial charge on any atom is -0.488 e. The van der Waals surface area contributed by atoms with Gasteiger partial charge >= 0.3 is 0 Å². The maximum absolute atomic E-state index is 12.2. The highest BCUT2D eigenvalue weighted by Crippen LogP contribution is 2.28. The third-order valence-electron chi connectivity index (χ3n) is 5.33. The number of likely N-dealkylation sites (N-methyl/N-ethyl adjacent to an activating group) is 1. The van der Waals surface area contributed by atoms with Crippen LogP contribution in [-0.4, -0.2) is 54.8 Å². The summed E-state index contributed by atoms with van der Waals surface area (Å²) in [6.45, 7) is 1.27. The summed E-state index contributed by atoms with van der Waals surface area (Å²) in [7, 11) is 2.02. The molecule has 0 spiro atoms. The molecule has 1 atom stereocenters. The number of fused-ring (bicyclic) bond motifs is 1. The second-order valence-electron chi connectivity index (χ2n) is 7.13. The van der Waals surface area contributed by atoms with Crippen molar-refractivity contribution in [3.8, 4) is 5.75 Å². The van der Waals surface area contributed by atoms with Crippen LogP contribution < -0.4 is 10.1 Å². The Morgan fingerprint density at radius 2 is 2.04 bits per heavy atom. The zero-order valence-corrected chi connectivity index (χ0v) is 14.4. The lowest BCUT2D eigenvalue weighted by Gasteiger charge is -2.33. The van der Waals surface area contributed by atoms with Crippen molar-refractivity contribution in [1.82, 2.24) is 10.2 Å². The normalized spacial score (nSPS) is 26.0. The van der Waals surface area contributed by atoms with Crippen LogP contribution in [0.2, 0.25) is 0 Å². The van der Waals surface area contributed by atoms with Gasteiger partial charge in [0.2, 0.25) is 5.91 Å². The van der Waals surface area contributed by atoms with Crippen molar-refractivity contribution in [3.05, 3.63) is 29.8 Å². The van der Waals surface area contributed by atoms with Crippen molar-refractivity contribution in [2.45, 2.75) is 44.2 Å². The molecule has 1 aromatic rings. The summed E-state index contributed by atoms with van der Waals surface area (Å²) in [4.78, 5) is 14.3. The largest absolute Gasteiger partial charge is 0.488 e. The maximum atomic E-state index is 12.2. The molecule has 2 N–H and O–H groups in total. The van der Waals surface area contributed by atoms with Crippen LogP contribution in [0.5, 0.6) is 5.75 Å². The van der Waals surface area contributed by atoms with Crippen molar-refractivity contribution in [2.24, 2.45) is 5.92 Å². The minimum absolute atomic E-state index is 0.0386. The molecule has 1 amide bonds. The number of hydrogen-bond donors (Lipinski definition) is 2. The number of nitrogens with one attached hydrogen (secondary N) is 1. The molecule has 1 aliphatic heterocycles. The van der Waals surface area contributed by atoms with Gasteiger partial charge in [-0.2, -0.15) is 0 Å². The predicted octanol–water partition coefficient (Wildman–Crippen LogP) is 1.59. The highest BCUT2D eigenvalue weighted by molar-refractivity contribution is 5.78. The van der Waals surface area contributed by atoms with Crippen molar-refractivity contribution < 1.29 is 14.6 Å². The zero-order chi connectivity index (χ0) is 16.9. The van der Waals surface area contributed by atoms with Crippen molar-refractivity contribution in [2.75, 3.05) is 26.7 Å². The number of benzene rings is 1. The molecule has 1 fully saturated rings. The molecule has 1 saturated carbocycles. The van der Waals surface area contributed by atoms with Crippen LogP contribution in [0.1, 0.15) is 31.2 Å². The van der Waals surface area contributed by atoms with E-state index in [2.05, 4.69) is 16.3 Å². The second kappa shape index (κ2) is 7.99. The van der Waals surface area contributed by atoms with Crippen LogP contribution in [0.4, 0.5) is 0 Å². The van der Waals surface area contributed by atoms with E-state index in [-0.39, 0.29) is 12.0 Å². The first-order valence-electron chi connectivity index (χ1n) is 8.98. The van der Waals surface area contributed by atoms with Crippen molar-refractivity contribution in [1.29, 1.82) is 0 Å². The van der Waals surface area contributed by atoms with Crippen LogP contribution in [0.3, 0.4) is 0 Å². The minimum atomic E-state index is 0.0386. The Bertz CT molecular complexity index is 530. The summed E-state index contributed by atoms with van der Waals surface area (Å²) in [5, 5.41) is 12.2. The maximum Gasteiger partial charge on any atom is 0.234 e. The average Bonchev–Trinajstić information content (AvgIpc) is 3.03. The molecule has 5 heteroatoms. The van der Waals surface area contributed by atoms with Gasteiger partial charge in [0.15, 0.2) is 0 Å². The Balaban J connectivity index is 1.37. The number of hydrogen-bond acceptors (Lipinski definition) is 4. The number of rotatable bonds is 6. The van der Waals surface area contributed by atoms with E-state index < -0.39 is 0 Å². The first-order valence-corrected chi connectivity index (χ1v) is 8.98. The monoisotopic (exact) mass is 332 g/mol. The summed E-state index contributed by atoms with van der Waals surface area (Å²) in [5.41, 5.74) is 1.22. The Morgan fingerprint density at radius 3 is 2.75 bits per heavy atom. The topological polar surface area (TPSA) is 61.8 Å². The van der Waals surface area contributed by atoms with Crippen LogP contribution >= 0.6 is 0 Å². The molecule has 1 unspecified atom stereocenters.